The maximum Gasteiger partial charge on any atom is 0.312 e. The van der Waals surface area contributed by atoms with Gasteiger partial charge in [-0.3, -0.25) is 19.2 Å². The van der Waals surface area contributed by atoms with Gasteiger partial charge in [0.2, 0.25) is 0 Å². The molecule has 0 aliphatic rings. The molecule has 10 nitrogen and oxygen atoms in total. The van der Waals surface area contributed by atoms with E-state index in [0.717, 1.165) is 0 Å². The number of ketones is 2. The van der Waals surface area contributed by atoms with Crippen LogP contribution < -0.4 is 29.6 Å². The molecule has 0 bridgehead atoms. The maximum absolute atomic E-state index is 12.4. The number of halogens is 2. The van der Waals surface area contributed by atoms with Crippen LogP contribution in [0.15, 0.2) is 48.6 Å². The van der Waals surface area contributed by atoms with E-state index >= 15 is 0 Å². The van der Waals surface area contributed by atoms with Gasteiger partial charge in [-0.1, -0.05) is 24.3 Å². The quantitative estimate of drug-likeness (QED) is 0.0546. The van der Waals surface area contributed by atoms with Gasteiger partial charge in [-0.05, 0) is 47.5 Å². The molecule has 43 heavy (non-hydrogen) atoms. The van der Waals surface area contributed by atoms with E-state index in [9.17, 15) is 19.2 Å². The molecule has 0 saturated carbocycles. The van der Waals surface area contributed by atoms with E-state index in [0.29, 0.717) is 60.6 Å². The third kappa shape index (κ3) is 13.9. The first-order valence-corrected chi connectivity index (χ1v) is 14.6. The van der Waals surface area contributed by atoms with Gasteiger partial charge in [-0.15, -0.1) is 23.2 Å². The standard InChI is InChI=1S/C31H36Cl2N2O8/c1-40-28-19-22(5-9-26(28)42-30(38)11-15-34-17-13-32)3-7-24(36)21-25(37)8-4-23-6-10-27(29(20-23)41-2)43-31(39)12-16-35-18-14-33/h3-10,19-20,34-35H,11-18,21H2,1-2H3/b7-3+,8-4+. The zero-order chi connectivity index (χ0) is 31.5. The Labute approximate surface area is 261 Å². The molecule has 0 aliphatic heterocycles. The lowest BCUT2D eigenvalue weighted by atomic mass is 10.1. The molecule has 0 radical (unpaired) electrons. The summed E-state index contributed by atoms with van der Waals surface area (Å²) in [4.78, 5) is 48.8. The number of benzene rings is 2. The third-order valence-electron chi connectivity index (χ3n) is 5.65. The molecular formula is C31H36Cl2N2O8. The molecule has 0 unspecified atom stereocenters. The first-order chi connectivity index (χ1) is 20.8. The highest BCUT2D eigenvalue weighted by atomic mass is 35.5. The number of methoxy groups -OCH3 is 2. The first kappa shape index (κ1) is 35.5. The third-order valence-corrected chi connectivity index (χ3v) is 6.03. The van der Waals surface area contributed by atoms with Gasteiger partial charge < -0.3 is 29.6 Å². The van der Waals surface area contributed by atoms with E-state index in [-0.39, 0.29) is 30.8 Å². The predicted octanol–water partition coefficient (Wildman–Crippen LogP) is 4.21. The Hall–Kier alpha value is -3.70. The van der Waals surface area contributed by atoms with E-state index in [2.05, 4.69) is 10.6 Å². The smallest absolute Gasteiger partial charge is 0.312 e. The van der Waals surface area contributed by atoms with Crippen molar-refractivity contribution in [3.63, 3.8) is 0 Å². The Bertz CT molecular complexity index is 1200. The highest BCUT2D eigenvalue weighted by molar-refractivity contribution is 6.18. The van der Waals surface area contributed by atoms with Crippen molar-refractivity contribution in [3.8, 4) is 23.0 Å². The molecule has 0 heterocycles. The number of carbonyl (C=O) groups is 4. The average Bonchev–Trinajstić information content (AvgIpc) is 3.00. The molecule has 0 atom stereocenters. The molecule has 0 aliphatic carbocycles. The van der Waals surface area contributed by atoms with Crippen LogP contribution in [-0.4, -0.2) is 75.7 Å². The van der Waals surface area contributed by atoms with Gasteiger partial charge in [0.25, 0.3) is 0 Å². The summed E-state index contributed by atoms with van der Waals surface area (Å²) in [7, 11) is 2.88. The van der Waals surface area contributed by atoms with Crippen LogP contribution in [0.25, 0.3) is 12.2 Å². The number of alkyl halides is 2. The van der Waals surface area contributed by atoms with E-state index in [1.807, 2.05) is 0 Å². The van der Waals surface area contributed by atoms with Crippen molar-refractivity contribution < 1.29 is 38.1 Å². The molecule has 0 amide bonds. The van der Waals surface area contributed by atoms with Crippen molar-refractivity contribution in [2.45, 2.75) is 19.3 Å². The molecule has 2 N–H and O–H groups in total. The number of carbonyl (C=O) groups excluding carboxylic acids is 4. The maximum atomic E-state index is 12.4. The van der Waals surface area contributed by atoms with Crippen molar-refractivity contribution in [2.24, 2.45) is 0 Å². The first-order valence-electron chi connectivity index (χ1n) is 13.5. The number of ether oxygens (including phenoxy) is 4. The minimum atomic E-state index is -0.425. The van der Waals surface area contributed by atoms with Crippen LogP contribution in [-0.2, 0) is 19.2 Å². The molecule has 2 aromatic carbocycles. The molecule has 0 fully saturated rings. The topological polar surface area (TPSA) is 129 Å². The summed E-state index contributed by atoms with van der Waals surface area (Å²) in [6.07, 6.45) is 5.69. The Kier molecular flexibility index (Phi) is 16.7. The zero-order valence-corrected chi connectivity index (χ0v) is 25.7. The van der Waals surface area contributed by atoms with E-state index in [1.165, 1.54) is 26.4 Å². The number of hydrogen-bond acceptors (Lipinski definition) is 10. The van der Waals surface area contributed by atoms with Crippen LogP contribution in [0.2, 0.25) is 0 Å². The Morgan fingerprint density at radius 1 is 0.651 bits per heavy atom. The van der Waals surface area contributed by atoms with E-state index in [1.54, 1.807) is 48.6 Å². The van der Waals surface area contributed by atoms with Gasteiger partial charge in [-0.25, -0.2) is 0 Å². The van der Waals surface area contributed by atoms with Crippen LogP contribution in [0.3, 0.4) is 0 Å². The molecule has 0 aromatic heterocycles. The SMILES string of the molecule is COc1cc(/C=C/C(=O)CC(=O)/C=C/c2ccc(OC(=O)CCNCCCl)c(OC)c2)ccc1OC(=O)CCNCCCl. The van der Waals surface area contributed by atoms with Crippen molar-refractivity contribution in [1.29, 1.82) is 0 Å². The van der Waals surface area contributed by atoms with Gasteiger partial charge in [0.1, 0.15) is 0 Å². The molecule has 12 heteroatoms. The van der Waals surface area contributed by atoms with Crippen molar-refractivity contribution in [3.05, 3.63) is 59.7 Å². The summed E-state index contributed by atoms with van der Waals surface area (Å²) < 4.78 is 21.3. The van der Waals surface area contributed by atoms with Gasteiger partial charge in [-0.2, -0.15) is 0 Å². The minimum Gasteiger partial charge on any atom is -0.493 e. The molecule has 2 aromatic rings. The molecular weight excluding hydrogens is 599 g/mol. The fourth-order valence-electron chi connectivity index (χ4n) is 3.52. The van der Waals surface area contributed by atoms with E-state index < -0.39 is 23.5 Å². The normalized spacial score (nSPS) is 11.1. The van der Waals surface area contributed by atoms with Crippen molar-refractivity contribution >= 4 is 58.9 Å². The highest BCUT2D eigenvalue weighted by Crippen LogP contribution is 2.30. The fraction of sp³-hybridized carbons (Fsp3) is 0.355. The zero-order valence-electron chi connectivity index (χ0n) is 24.2. The van der Waals surface area contributed by atoms with Crippen LogP contribution in [0.1, 0.15) is 30.4 Å². The highest BCUT2D eigenvalue weighted by Gasteiger charge is 2.12. The van der Waals surface area contributed by atoms with Crippen LogP contribution in [0, 0.1) is 0 Å². The predicted molar refractivity (Wildman–Crippen MR) is 166 cm³/mol. The van der Waals surface area contributed by atoms with Gasteiger partial charge in [0, 0.05) is 37.9 Å². The second-order valence-electron chi connectivity index (χ2n) is 8.92. The lowest BCUT2D eigenvalue weighted by Gasteiger charge is -2.10. The number of nitrogens with one attached hydrogen (secondary N) is 2. The van der Waals surface area contributed by atoms with Crippen molar-refractivity contribution in [2.75, 3.05) is 52.2 Å². The fourth-order valence-corrected chi connectivity index (χ4v) is 3.79. The summed E-state index contributed by atoms with van der Waals surface area (Å²) in [6.45, 7) is 2.07. The summed E-state index contributed by atoms with van der Waals surface area (Å²) in [5.74, 6) is 0.424. The van der Waals surface area contributed by atoms with Gasteiger partial charge in [0.05, 0.1) is 33.5 Å². The Morgan fingerprint density at radius 2 is 1.07 bits per heavy atom. The number of rotatable bonds is 20. The van der Waals surface area contributed by atoms with Crippen molar-refractivity contribution in [1.82, 2.24) is 10.6 Å². The van der Waals surface area contributed by atoms with Crippen LogP contribution >= 0.6 is 23.2 Å². The molecule has 0 saturated heterocycles. The number of allylic oxidation sites excluding steroid dienone is 2. The monoisotopic (exact) mass is 634 g/mol. The summed E-state index contributed by atoms with van der Waals surface area (Å²) in [5, 5.41) is 6.02. The Balaban J connectivity index is 1.90. The second-order valence-corrected chi connectivity index (χ2v) is 9.68. The summed E-state index contributed by atoms with van der Waals surface area (Å²) in [5.41, 5.74) is 1.24. The average molecular weight is 636 g/mol. The number of esters is 2. The Morgan fingerprint density at radius 3 is 1.44 bits per heavy atom. The summed E-state index contributed by atoms with van der Waals surface area (Å²) in [6, 6.07) is 9.70. The minimum absolute atomic E-state index is 0.168. The lowest BCUT2D eigenvalue weighted by Crippen LogP contribution is -2.22. The summed E-state index contributed by atoms with van der Waals surface area (Å²) >= 11 is 11.2. The van der Waals surface area contributed by atoms with Crippen LogP contribution in [0.4, 0.5) is 0 Å². The lowest BCUT2D eigenvalue weighted by molar-refractivity contribution is -0.135. The molecule has 2 rings (SSSR count). The largest absolute Gasteiger partial charge is 0.493 e. The second kappa shape index (κ2) is 20.2. The molecule has 0 spiro atoms. The van der Waals surface area contributed by atoms with E-state index in [4.69, 9.17) is 42.1 Å². The number of hydrogen-bond donors (Lipinski definition) is 2. The molecule has 232 valence electrons. The van der Waals surface area contributed by atoms with Crippen LogP contribution in [0.5, 0.6) is 23.0 Å². The van der Waals surface area contributed by atoms with Gasteiger partial charge >= 0.3 is 11.9 Å². The van der Waals surface area contributed by atoms with Gasteiger partial charge in [0.15, 0.2) is 34.6 Å².